The minimum atomic E-state index is -0.903. The highest BCUT2D eigenvalue weighted by Gasteiger charge is 2.36. The Kier molecular flexibility index (Phi) is 7.65. The second-order valence-electron chi connectivity index (χ2n) is 8.90. The van der Waals surface area contributed by atoms with Gasteiger partial charge in [-0.25, -0.2) is 14.4 Å². The number of carbonyl (C=O) groups excluding carboxylic acids is 3. The van der Waals surface area contributed by atoms with Crippen LogP contribution in [0.5, 0.6) is 34.5 Å². The van der Waals surface area contributed by atoms with Crippen molar-refractivity contribution in [3.63, 3.8) is 0 Å². The van der Waals surface area contributed by atoms with Crippen molar-refractivity contribution in [1.29, 1.82) is 0 Å². The zero-order valence-electron chi connectivity index (χ0n) is 20.2. The van der Waals surface area contributed by atoms with Crippen molar-refractivity contribution in [3.8, 4) is 34.5 Å². The van der Waals surface area contributed by atoms with Crippen molar-refractivity contribution in [2.45, 2.75) is 37.6 Å². The summed E-state index contributed by atoms with van der Waals surface area (Å²) in [6.45, 7) is 0. The maximum absolute atomic E-state index is 12.7. The molecule has 4 rings (SSSR count). The van der Waals surface area contributed by atoms with Gasteiger partial charge < -0.3 is 44.8 Å². The van der Waals surface area contributed by atoms with Gasteiger partial charge in [0.15, 0.2) is 34.5 Å². The Bertz CT molecular complexity index is 1240. The summed E-state index contributed by atoms with van der Waals surface area (Å²) in [5.41, 5.74) is -0.175. The number of hydrogen-bond donors (Lipinski definition) is 6. The number of benzene rings is 3. The third-order valence-corrected chi connectivity index (χ3v) is 6.03. The van der Waals surface area contributed by atoms with E-state index in [1.165, 1.54) is 18.2 Å². The minimum Gasteiger partial charge on any atom is -0.504 e. The number of phenols is 6. The van der Waals surface area contributed by atoms with E-state index in [-0.39, 0.29) is 36.0 Å². The average molecular weight is 540 g/mol. The van der Waals surface area contributed by atoms with Crippen LogP contribution in [0.1, 0.15) is 50.3 Å². The Morgan fingerprint density at radius 3 is 0.949 bits per heavy atom. The van der Waals surface area contributed by atoms with Crippen molar-refractivity contribution < 1.29 is 59.2 Å². The molecule has 0 radical (unpaired) electrons. The van der Waals surface area contributed by atoms with Crippen LogP contribution >= 0.6 is 0 Å². The number of phenolic OH excluding ortho intramolecular Hbond substituents is 6. The van der Waals surface area contributed by atoms with E-state index >= 15 is 0 Å². The molecule has 1 saturated carbocycles. The highest BCUT2D eigenvalue weighted by molar-refractivity contribution is 5.91. The van der Waals surface area contributed by atoms with Crippen LogP contribution in [0, 0.1) is 0 Å². The molecule has 0 unspecified atom stereocenters. The van der Waals surface area contributed by atoms with E-state index in [2.05, 4.69) is 0 Å². The van der Waals surface area contributed by atoms with Gasteiger partial charge in [0.1, 0.15) is 18.3 Å². The second kappa shape index (κ2) is 11.1. The van der Waals surface area contributed by atoms with Gasteiger partial charge in [0.2, 0.25) is 0 Å². The van der Waals surface area contributed by atoms with E-state index in [0.29, 0.717) is 0 Å². The number of hydrogen-bond acceptors (Lipinski definition) is 12. The van der Waals surface area contributed by atoms with Gasteiger partial charge >= 0.3 is 17.9 Å². The summed E-state index contributed by atoms with van der Waals surface area (Å²) in [4.78, 5) is 38.0. The summed E-state index contributed by atoms with van der Waals surface area (Å²) in [5.74, 6) is -5.41. The molecule has 0 heterocycles. The minimum absolute atomic E-state index is 0.0274. The highest BCUT2D eigenvalue weighted by Crippen LogP contribution is 2.32. The number of rotatable bonds is 6. The van der Waals surface area contributed by atoms with Gasteiger partial charge in [0, 0.05) is 19.3 Å². The molecular formula is C27H24O12. The van der Waals surface area contributed by atoms with Crippen LogP contribution in [-0.4, -0.2) is 66.9 Å². The maximum Gasteiger partial charge on any atom is 0.338 e. The van der Waals surface area contributed by atoms with Gasteiger partial charge in [-0.15, -0.1) is 0 Å². The summed E-state index contributed by atoms with van der Waals surface area (Å²) < 4.78 is 16.5. The van der Waals surface area contributed by atoms with Gasteiger partial charge in [-0.3, -0.25) is 0 Å². The molecule has 1 fully saturated rings. The fourth-order valence-electron chi connectivity index (χ4n) is 4.07. The molecule has 12 heteroatoms. The lowest BCUT2D eigenvalue weighted by molar-refractivity contribution is -0.0587. The third kappa shape index (κ3) is 6.42. The first kappa shape index (κ1) is 26.9. The fourth-order valence-corrected chi connectivity index (χ4v) is 4.07. The van der Waals surface area contributed by atoms with Gasteiger partial charge in [-0.05, 0) is 54.6 Å². The lowest BCUT2D eigenvalue weighted by atomic mass is 9.91. The van der Waals surface area contributed by atoms with E-state index in [4.69, 9.17) is 14.2 Å². The lowest BCUT2D eigenvalue weighted by Gasteiger charge is -2.33. The molecular weight excluding hydrogens is 516 g/mol. The van der Waals surface area contributed by atoms with E-state index in [0.717, 1.165) is 36.4 Å². The molecule has 6 N–H and O–H groups in total. The molecule has 39 heavy (non-hydrogen) atoms. The predicted molar refractivity (Wildman–Crippen MR) is 131 cm³/mol. The smallest absolute Gasteiger partial charge is 0.338 e. The van der Waals surface area contributed by atoms with Gasteiger partial charge in [-0.1, -0.05) is 0 Å². The van der Waals surface area contributed by atoms with Gasteiger partial charge in [-0.2, -0.15) is 0 Å². The zero-order valence-corrected chi connectivity index (χ0v) is 20.2. The monoisotopic (exact) mass is 540 g/mol. The topological polar surface area (TPSA) is 200 Å². The Balaban J connectivity index is 1.51. The molecule has 3 aromatic carbocycles. The Morgan fingerprint density at radius 2 is 0.718 bits per heavy atom. The van der Waals surface area contributed by atoms with Crippen molar-refractivity contribution >= 4 is 17.9 Å². The predicted octanol–water partition coefficient (Wildman–Crippen LogP) is 3.08. The number of esters is 3. The Hall–Kier alpha value is -5.13. The van der Waals surface area contributed by atoms with Crippen molar-refractivity contribution in [2.75, 3.05) is 0 Å². The molecule has 0 aromatic heterocycles. The standard InChI is InChI=1S/C27H24O12/c28-19-4-1-13(7-22(19)31)25(34)37-16-10-17(38-26(35)14-2-5-20(29)23(32)8-14)12-18(11-16)39-27(36)15-3-6-21(30)24(33)9-15/h1-9,16-18,28-33H,10-12H2. The molecule has 1 aliphatic rings. The summed E-state index contributed by atoms with van der Waals surface area (Å²) >= 11 is 0. The largest absolute Gasteiger partial charge is 0.504 e. The van der Waals surface area contributed by atoms with Gasteiger partial charge in [0.25, 0.3) is 0 Å². The third-order valence-electron chi connectivity index (χ3n) is 6.03. The zero-order chi connectivity index (χ0) is 28.3. The first-order chi connectivity index (χ1) is 18.5. The molecule has 3 aromatic rings. The average Bonchev–Trinajstić information content (AvgIpc) is 2.88. The molecule has 0 atom stereocenters. The van der Waals surface area contributed by atoms with Crippen LogP contribution in [0.3, 0.4) is 0 Å². The molecule has 0 amide bonds. The van der Waals surface area contributed by atoms with Gasteiger partial charge in [0.05, 0.1) is 16.7 Å². The highest BCUT2D eigenvalue weighted by atomic mass is 16.6. The molecule has 0 aliphatic heterocycles. The van der Waals surface area contributed by atoms with Crippen LogP contribution in [0.2, 0.25) is 0 Å². The van der Waals surface area contributed by atoms with E-state index in [9.17, 15) is 45.0 Å². The Labute approximate surface area is 220 Å². The first-order valence-electron chi connectivity index (χ1n) is 11.7. The van der Waals surface area contributed by atoms with E-state index in [1.807, 2.05) is 0 Å². The molecule has 0 spiro atoms. The van der Waals surface area contributed by atoms with Crippen LogP contribution in [-0.2, 0) is 14.2 Å². The number of aromatic hydroxyl groups is 6. The van der Waals surface area contributed by atoms with Crippen LogP contribution in [0.25, 0.3) is 0 Å². The summed E-state index contributed by atoms with van der Waals surface area (Å²) in [6.07, 6.45) is -2.63. The summed E-state index contributed by atoms with van der Waals surface area (Å²) in [7, 11) is 0. The second-order valence-corrected chi connectivity index (χ2v) is 8.90. The maximum atomic E-state index is 12.7. The van der Waals surface area contributed by atoms with Crippen LogP contribution < -0.4 is 0 Å². The first-order valence-corrected chi connectivity index (χ1v) is 11.7. The lowest BCUT2D eigenvalue weighted by Crippen LogP contribution is -2.40. The molecule has 0 saturated heterocycles. The molecule has 1 aliphatic carbocycles. The number of ether oxygens (including phenoxy) is 3. The summed E-state index contributed by atoms with van der Waals surface area (Å²) in [5, 5.41) is 57.5. The van der Waals surface area contributed by atoms with Crippen molar-refractivity contribution in [3.05, 3.63) is 71.3 Å². The quantitative estimate of drug-likeness (QED) is 0.152. The molecule has 204 valence electrons. The molecule has 0 bridgehead atoms. The SMILES string of the molecule is O=C(OC1CC(OC(=O)c2ccc(O)c(O)c2)CC(OC(=O)c2ccc(O)c(O)c2)C1)c1ccc(O)c(O)c1. The summed E-state index contributed by atoms with van der Waals surface area (Å²) in [6, 6.07) is 10.1. The fraction of sp³-hybridized carbons (Fsp3) is 0.222. The van der Waals surface area contributed by atoms with E-state index < -0.39 is 70.7 Å². The Morgan fingerprint density at radius 1 is 0.462 bits per heavy atom. The van der Waals surface area contributed by atoms with E-state index in [1.54, 1.807) is 0 Å². The molecule has 12 nitrogen and oxygen atoms in total. The van der Waals surface area contributed by atoms with Crippen LogP contribution in [0.15, 0.2) is 54.6 Å². The number of carbonyl (C=O) groups is 3. The normalized spacial score (nSPS) is 18.6. The van der Waals surface area contributed by atoms with Crippen molar-refractivity contribution in [2.24, 2.45) is 0 Å². The van der Waals surface area contributed by atoms with Crippen LogP contribution in [0.4, 0.5) is 0 Å². The van der Waals surface area contributed by atoms with Crippen molar-refractivity contribution in [1.82, 2.24) is 0 Å².